The van der Waals surface area contributed by atoms with Crippen LogP contribution in [0.5, 0.6) is 11.5 Å². The van der Waals surface area contributed by atoms with Crippen molar-refractivity contribution in [2.45, 2.75) is 32.5 Å². The number of hydrogen-bond donors (Lipinski definition) is 2. The molecule has 7 heteroatoms. The van der Waals surface area contributed by atoms with Gasteiger partial charge in [0.15, 0.2) is 0 Å². The molecule has 0 aromatic heterocycles. The quantitative estimate of drug-likeness (QED) is 0.776. The third kappa shape index (κ3) is 6.62. The Bertz CT molecular complexity index is 782. The van der Waals surface area contributed by atoms with Crippen LogP contribution in [0.3, 0.4) is 0 Å². The van der Waals surface area contributed by atoms with Gasteiger partial charge in [-0.1, -0.05) is 0 Å². The second-order valence-electron chi connectivity index (χ2n) is 6.85. The molecule has 1 atom stereocenters. The fraction of sp³-hybridized carbons (Fsp3) is 0.300. The molecule has 0 heterocycles. The molecular weight excluding hydrogens is 353 g/mol. The summed E-state index contributed by atoms with van der Waals surface area (Å²) in [5, 5.41) is 11.8. The SMILES string of the molecule is CC(C)(C)Oc1ccc(C(=O)NCC(Oc2ccc(F)cc2)C(=O)O)cc1. The zero-order chi connectivity index (χ0) is 20.0. The number of benzene rings is 2. The van der Waals surface area contributed by atoms with Gasteiger partial charge in [-0.25, -0.2) is 9.18 Å². The summed E-state index contributed by atoms with van der Waals surface area (Å²) >= 11 is 0. The van der Waals surface area contributed by atoms with Gasteiger partial charge in [0.05, 0.1) is 6.54 Å². The number of aliphatic carboxylic acids is 1. The summed E-state index contributed by atoms with van der Waals surface area (Å²) in [5.74, 6) is -1.31. The molecule has 0 aliphatic rings. The van der Waals surface area contributed by atoms with Crippen LogP contribution in [0.4, 0.5) is 4.39 Å². The van der Waals surface area contributed by atoms with Crippen molar-refractivity contribution in [3.05, 3.63) is 59.9 Å². The molecule has 6 nitrogen and oxygen atoms in total. The monoisotopic (exact) mass is 375 g/mol. The first-order valence-electron chi connectivity index (χ1n) is 8.36. The largest absolute Gasteiger partial charge is 0.488 e. The first kappa shape index (κ1) is 20.2. The average Bonchev–Trinajstić information content (AvgIpc) is 2.59. The maximum atomic E-state index is 12.9. The highest BCUT2D eigenvalue weighted by atomic mass is 19.1. The summed E-state index contributed by atoms with van der Waals surface area (Å²) in [4.78, 5) is 23.5. The highest BCUT2D eigenvalue weighted by molar-refractivity contribution is 5.94. The van der Waals surface area contributed by atoms with E-state index in [1.165, 1.54) is 12.1 Å². The van der Waals surface area contributed by atoms with Crippen molar-refractivity contribution in [2.75, 3.05) is 6.54 Å². The van der Waals surface area contributed by atoms with Gasteiger partial charge in [-0.3, -0.25) is 4.79 Å². The third-order valence-electron chi connectivity index (χ3n) is 3.36. The molecule has 0 saturated carbocycles. The number of nitrogens with one attached hydrogen (secondary N) is 1. The number of carboxylic acid groups (broad SMARTS) is 1. The number of rotatable bonds is 7. The molecule has 0 radical (unpaired) electrons. The second-order valence-corrected chi connectivity index (χ2v) is 6.85. The highest BCUT2D eigenvalue weighted by Gasteiger charge is 2.21. The van der Waals surface area contributed by atoms with Crippen LogP contribution in [0.15, 0.2) is 48.5 Å². The van der Waals surface area contributed by atoms with Crippen LogP contribution in [0.25, 0.3) is 0 Å². The van der Waals surface area contributed by atoms with Gasteiger partial charge in [-0.05, 0) is 69.3 Å². The van der Waals surface area contributed by atoms with Crippen molar-refractivity contribution in [3.63, 3.8) is 0 Å². The van der Waals surface area contributed by atoms with E-state index < -0.39 is 23.8 Å². The molecule has 0 bridgehead atoms. The summed E-state index contributed by atoms with van der Waals surface area (Å²) in [6.45, 7) is 5.51. The zero-order valence-electron chi connectivity index (χ0n) is 15.4. The van der Waals surface area contributed by atoms with Crippen molar-refractivity contribution in [1.82, 2.24) is 5.32 Å². The molecule has 27 heavy (non-hydrogen) atoms. The van der Waals surface area contributed by atoms with Gasteiger partial charge in [0.2, 0.25) is 6.10 Å². The normalized spacial score (nSPS) is 12.1. The summed E-state index contributed by atoms with van der Waals surface area (Å²) in [5.41, 5.74) is 0.0121. The minimum absolute atomic E-state index is 0.196. The van der Waals surface area contributed by atoms with Gasteiger partial charge in [0.1, 0.15) is 22.9 Å². The fourth-order valence-electron chi connectivity index (χ4n) is 2.17. The molecule has 0 aliphatic heterocycles. The first-order chi connectivity index (χ1) is 12.6. The van der Waals surface area contributed by atoms with E-state index >= 15 is 0 Å². The lowest BCUT2D eigenvalue weighted by atomic mass is 10.1. The molecule has 1 unspecified atom stereocenters. The molecule has 1 amide bonds. The summed E-state index contributed by atoms with van der Waals surface area (Å²) in [6, 6.07) is 11.5. The van der Waals surface area contributed by atoms with Gasteiger partial charge in [-0.2, -0.15) is 0 Å². The number of carbonyl (C=O) groups is 2. The van der Waals surface area contributed by atoms with Crippen LogP contribution in [-0.2, 0) is 4.79 Å². The van der Waals surface area contributed by atoms with Gasteiger partial charge in [0, 0.05) is 5.56 Å². The summed E-state index contributed by atoms with van der Waals surface area (Å²) < 4.78 is 23.9. The van der Waals surface area contributed by atoms with Crippen molar-refractivity contribution >= 4 is 11.9 Å². The van der Waals surface area contributed by atoms with E-state index in [1.54, 1.807) is 24.3 Å². The lowest BCUT2D eigenvalue weighted by molar-refractivity contribution is -0.144. The van der Waals surface area contributed by atoms with E-state index in [0.29, 0.717) is 11.3 Å². The Kier molecular flexibility index (Phi) is 6.39. The van der Waals surface area contributed by atoms with Gasteiger partial charge in [-0.15, -0.1) is 0 Å². The second kappa shape index (κ2) is 8.53. The van der Waals surface area contributed by atoms with Gasteiger partial charge in [0.25, 0.3) is 5.91 Å². The molecule has 0 saturated heterocycles. The van der Waals surface area contributed by atoms with Gasteiger partial charge >= 0.3 is 5.97 Å². The topological polar surface area (TPSA) is 84.9 Å². The molecule has 0 aliphatic carbocycles. The summed E-state index contributed by atoms with van der Waals surface area (Å²) in [7, 11) is 0. The molecular formula is C20H22FNO5. The molecule has 2 rings (SSSR count). The Labute approximate surface area is 156 Å². The molecule has 2 N–H and O–H groups in total. The maximum Gasteiger partial charge on any atom is 0.346 e. The van der Waals surface area contributed by atoms with E-state index in [1.807, 2.05) is 20.8 Å². The van der Waals surface area contributed by atoms with Crippen LogP contribution in [0.2, 0.25) is 0 Å². The molecule has 2 aromatic carbocycles. The molecule has 0 fully saturated rings. The van der Waals surface area contributed by atoms with Crippen molar-refractivity contribution in [1.29, 1.82) is 0 Å². The average molecular weight is 375 g/mol. The van der Waals surface area contributed by atoms with Crippen LogP contribution < -0.4 is 14.8 Å². The van der Waals surface area contributed by atoms with E-state index in [2.05, 4.69) is 5.32 Å². The highest BCUT2D eigenvalue weighted by Crippen LogP contribution is 2.18. The standard InChI is InChI=1S/C20H22FNO5/c1-20(2,3)27-16-8-4-13(5-9-16)18(23)22-12-17(19(24)25)26-15-10-6-14(21)7-11-15/h4-11,17H,12H2,1-3H3,(H,22,23)(H,24,25). The number of carbonyl (C=O) groups excluding carboxylic acids is 1. The molecule has 144 valence electrons. The Morgan fingerprint density at radius 2 is 1.59 bits per heavy atom. The minimum atomic E-state index is -1.30. The number of carboxylic acids is 1. The van der Waals surface area contributed by atoms with Crippen molar-refractivity contribution in [3.8, 4) is 11.5 Å². The summed E-state index contributed by atoms with van der Waals surface area (Å²) in [6.07, 6.45) is -1.30. The number of halogens is 1. The van der Waals surface area contributed by atoms with Crippen LogP contribution in [0, 0.1) is 5.82 Å². The van der Waals surface area contributed by atoms with Crippen LogP contribution in [-0.4, -0.2) is 35.2 Å². The third-order valence-corrected chi connectivity index (χ3v) is 3.36. The van der Waals surface area contributed by atoms with E-state index in [-0.39, 0.29) is 17.9 Å². The van der Waals surface area contributed by atoms with Crippen LogP contribution in [0.1, 0.15) is 31.1 Å². The number of amides is 1. The van der Waals surface area contributed by atoms with Gasteiger partial charge < -0.3 is 19.9 Å². The number of ether oxygens (including phenoxy) is 2. The zero-order valence-corrected chi connectivity index (χ0v) is 15.4. The number of hydrogen-bond acceptors (Lipinski definition) is 4. The Morgan fingerprint density at radius 1 is 1.04 bits per heavy atom. The smallest absolute Gasteiger partial charge is 0.346 e. The van der Waals surface area contributed by atoms with Crippen molar-refractivity contribution < 1.29 is 28.6 Å². The molecule has 0 spiro atoms. The Morgan fingerprint density at radius 3 is 2.11 bits per heavy atom. The molecule has 2 aromatic rings. The Balaban J connectivity index is 1.95. The Hall–Kier alpha value is -3.09. The predicted octanol–water partition coefficient (Wildman–Crippen LogP) is 3.27. The maximum absolute atomic E-state index is 12.9. The van der Waals surface area contributed by atoms with Crippen LogP contribution >= 0.6 is 0 Å². The van der Waals surface area contributed by atoms with E-state index in [9.17, 15) is 19.1 Å². The minimum Gasteiger partial charge on any atom is -0.488 e. The fourth-order valence-corrected chi connectivity index (χ4v) is 2.17. The van der Waals surface area contributed by atoms with Crippen molar-refractivity contribution in [2.24, 2.45) is 0 Å². The van der Waals surface area contributed by atoms with E-state index in [0.717, 1.165) is 12.1 Å². The van der Waals surface area contributed by atoms with E-state index in [4.69, 9.17) is 9.47 Å². The lowest BCUT2D eigenvalue weighted by Gasteiger charge is -2.21. The predicted molar refractivity (Wildman–Crippen MR) is 97.6 cm³/mol. The lowest BCUT2D eigenvalue weighted by Crippen LogP contribution is -2.40. The first-order valence-corrected chi connectivity index (χ1v) is 8.36.